The van der Waals surface area contributed by atoms with E-state index in [0.29, 0.717) is 42.5 Å². The third kappa shape index (κ3) is 4.40. The molecule has 0 bridgehead atoms. The minimum Gasteiger partial charge on any atom is -0.223 e. The van der Waals surface area contributed by atoms with Crippen molar-refractivity contribution in [2.75, 3.05) is 0 Å². The molecule has 34 heavy (non-hydrogen) atoms. The molecule has 3 rings (SSSR count). The van der Waals surface area contributed by atoms with Crippen molar-refractivity contribution in [3.63, 3.8) is 0 Å². The number of benzene rings is 2. The molecule has 0 atom stereocenters. The third-order valence-electron chi connectivity index (χ3n) is 5.46. The van der Waals surface area contributed by atoms with Gasteiger partial charge >= 0.3 is 21.7 Å². The monoisotopic (exact) mass is 537 g/mol. The van der Waals surface area contributed by atoms with E-state index in [-0.39, 0.29) is 0 Å². The van der Waals surface area contributed by atoms with Gasteiger partial charge in [0.25, 0.3) is 0 Å². The lowest BCUT2D eigenvalue weighted by molar-refractivity contribution is -0.137. The number of nitrogens with one attached hydrogen (secondary N) is 1. The first-order chi connectivity index (χ1) is 15.2. The molecule has 0 spiro atoms. The second kappa shape index (κ2) is 7.88. The highest BCUT2D eigenvalue weighted by Crippen LogP contribution is 2.57. The van der Waals surface area contributed by atoms with Crippen LogP contribution in [0.3, 0.4) is 0 Å². The molecule has 0 aromatic heterocycles. The Morgan fingerprint density at radius 3 is 1.85 bits per heavy atom. The van der Waals surface area contributed by atoms with Crippen LogP contribution in [0.25, 0.3) is 0 Å². The summed E-state index contributed by atoms with van der Waals surface area (Å²) in [7, 11) is -10.8. The summed E-state index contributed by atoms with van der Waals surface area (Å²) in [6.07, 6.45) is -6.72. The largest absolute Gasteiger partial charge is 0.511 e. The Balaban J connectivity index is 2.13. The molecular weight excluding hydrogens is 522 g/mol. The van der Waals surface area contributed by atoms with Gasteiger partial charge < -0.3 is 0 Å². The number of sulfone groups is 1. The lowest BCUT2D eigenvalue weighted by atomic mass is 9.66. The highest BCUT2D eigenvalue weighted by molar-refractivity contribution is 7.92. The van der Waals surface area contributed by atoms with Gasteiger partial charge in [-0.15, -0.1) is 0 Å². The molecule has 1 fully saturated rings. The van der Waals surface area contributed by atoms with E-state index < -0.39 is 82.3 Å². The molecule has 2 aromatic rings. The van der Waals surface area contributed by atoms with Crippen LogP contribution in [0.2, 0.25) is 0 Å². The summed E-state index contributed by atoms with van der Waals surface area (Å²) in [6, 6.07) is 3.75. The molecular formula is C19H15F8NO4S2. The first-order valence-electron chi connectivity index (χ1n) is 9.22. The first kappa shape index (κ1) is 26.3. The van der Waals surface area contributed by atoms with Crippen LogP contribution in [0.1, 0.15) is 30.9 Å². The van der Waals surface area contributed by atoms with Crippen LogP contribution in [0.15, 0.2) is 47.4 Å². The third-order valence-corrected chi connectivity index (χ3v) is 9.26. The molecule has 0 radical (unpaired) electrons. The summed E-state index contributed by atoms with van der Waals surface area (Å²) in [5, 5.41) is 0. The molecule has 0 unspecified atom stereocenters. The summed E-state index contributed by atoms with van der Waals surface area (Å²) in [6.45, 7) is 0.939. The van der Waals surface area contributed by atoms with E-state index in [9.17, 15) is 52.0 Å². The predicted molar refractivity (Wildman–Crippen MR) is 102 cm³/mol. The number of halogens is 8. The standard InChI is InChI=1S/C19H15F8NO4S2/c1-16(28-34(31,32)19(25,26)27)9-17(10-16,14-8-12(20)4-7-15(14)21)33(29,30)13-5-2-11(3-6-13)18(22,23)24/h2-8,28H,9-10H2,1H3/t16-,17+. The van der Waals surface area contributed by atoms with E-state index in [1.54, 1.807) is 0 Å². The van der Waals surface area contributed by atoms with Gasteiger partial charge in [0.1, 0.15) is 16.4 Å². The molecule has 188 valence electrons. The molecule has 1 saturated carbocycles. The van der Waals surface area contributed by atoms with Gasteiger partial charge in [-0.25, -0.2) is 30.3 Å². The van der Waals surface area contributed by atoms with E-state index in [1.807, 2.05) is 0 Å². The van der Waals surface area contributed by atoms with E-state index in [0.717, 1.165) is 6.92 Å². The second-order valence-electron chi connectivity index (χ2n) is 8.11. The summed E-state index contributed by atoms with van der Waals surface area (Å²) in [4.78, 5) is -0.745. The van der Waals surface area contributed by atoms with Gasteiger partial charge in [0.2, 0.25) is 0 Å². The zero-order chi connectivity index (χ0) is 26.0. The second-order valence-corrected chi connectivity index (χ2v) is 12.0. The minimum atomic E-state index is -5.94. The summed E-state index contributed by atoms with van der Waals surface area (Å²) >= 11 is 0. The van der Waals surface area contributed by atoms with Crippen molar-refractivity contribution < 1.29 is 52.0 Å². The molecule has 15 heteroatoms. The van der Waals surface area contributed by atoms with Crippen molar-refractivity contribution in [2.24, 2.45) is 0 Å². The molecule has 0 amide bonds. The molecule has 0 saturated heterocycles. The van der Waals surface area contributed by atoms with Gasteiger partial charge in [-0.1, -0.05) is 0 Å². The highest BCUT2D eigenvalue weighted by Gasteiger charge is 2.64. The summed E-state index contributed by atoms with van der Waals surface area (Å²) < 4.78 is 154. The normalized spacial score (nSPS) is 24.0. The maximum absolute atomic E-state index is 14.6. The topological polar surface area (TPSA) is 80.3 Å². The Hall–Kier alpha value is -2.26. The zero-order valence-electron chi connectivity index (χ0n) is 16.9. The molecule has 1 N–H and O–H groups in total. The Kier molecular flexibility index (Phi) is 6.11. The smallest absolute Gasteiger partial charge is 0.223 e. The number of alkyl halides is 6. The Morgan fingerprint density at radius 1 is 0.853 bits per heavy atom. The lowest BCUT2D eigenvalue weighted by Gasteiger charge is -2.53. The highest BCUT2D eigenvalue weighted by atomic mass is 32.2. The summed E-state index contributed by atoms with van der Waals surface area (Å²) in [5.74, 6) is -2.35. The zero-order valence-corrected chi connectivity index (χ0v) is 18.6. The Labute approximate surface area is 188 Å². The van der Waals surface area contributed by atoms with Crippen LogP contribution in [0, 0.1) is 11.6 Å². The van der Waals surface area contributed by atoms with Crippen molar-refractivity contribution in [3.8, 4) is 0 Å². The molecule has 5 nitrogen and oxygen atoms in total. The van der Waals surface area contributed by atoms with Gasteiger partial charge in [-0.2, -0.15) is 26.3 Å². The Bertz CT molecular complexity index is 1310. The average molecular weight is 537 g/mol. The minimum absolute atomic E-state index is 0.437. The maximum atomic E-state index is 14.6. The first-order valence-corrected chi connectivity index (χ1v) is 12.2. The van der Waals surface area contributed by atoms with Crippen molar-refractivity contribution >= 4 is 19.9 Å². The predicted octanol–water partition coefficient (Wildman–Crippen LogP) is 4.64. The van der Waals surface area contributed by atoms with Crippen LogP contribution in [0.4, 0.5) is 35.1 Å². The van der Waals surface area contributed by atoms with Crippen LogP contribution in [-0.2, 0) is 30.8 Å². The van der Waals surface area contributed by atoms with Gasteiger partial charge in [0.15, 0.2) is 9.84 Å². The van der Waals surface area contributed by atoms with Gasteiger partial charge in [0, 0.05) is 11.1 Å². The van der Waals surface area contributed by atoms with E-state index in [1.165, 1.54) is 4.72 Å². The Morgan fingerprint density at radius 2 is 1.38 bits per heavy atom. The van der Waals surface area contributed by atoms with Crippen molar-refractivity contribution in [1.82, 2.24) is 4.72 Å². The van der Waals surface area contributed by atoms with Gasteiger partial charge in [0.05, 0.1) is 10.5 Å². The molecule has 1 aliphatic rings. The van der Waals surface area contributed by atoms with Crippen LogP contribution in [0.5, 0.6) is 0 Å². The van der Waals surface area contributed by atoms with Crippen molar-refractivity contribution in [3.05, 3.63) is 65.2 Å². The van der Waals surface area contributed by atoms with Gasteiger partial charge in [-0.05, 0) is 62.2 Å². The van der Waals surface area contributed by atoms with Crippen molar-refractivity contribution in [1.29, 1.82) is 0 Å². The van der Waals surface area contributed by atoms with Gasteiger partial charge in [-0.3, -0.25) is 0 Å². The van der Waals surface area contributed by atoms with Crippen LogP contribution in [-0.4, -0.2) is 27.9 Å². The maximum Gasteiger partial charge on any atom is 0.511 e. The molecule has 2 aromatic carbocycles. The van der Waals surface area contributed by atoms with Crippen LogP contribution >= 0.6 is 0 Å². The SMILES string of the molecule is C[C@]1(NS(=O)(=O)C(F)(F)F)C[C@@](c2cc(F)ccc2F)(S(=O)(=O)c2ccc(C(F)(F)F)cc2)C1. The number of hydrogen-bond acceptors (Lipinski definition) is 4. The van der Waals surface area contributed by atoms with E-state index >= 15 is 0 Å². The fourth-order valence-corrected chi connectivity index (χ4v) is 7.40. The van der Waals surface area contributed by atoms with Crippen LogP contribution < -0.4 is 4.72 Å². The van der Waals surface area contributed by atoms with E-state index in [4.69, 9.17) is 0 Å². The quantitative estimate of drug-likeness (QED) is 0.564. The van der Waals surface area contributed by atoms with E-state index in [2.05, 4.69) is 0 Å². The molecule has 1 aliphatic carbocycles. The average Bonchev–Trinajstić information content (AvgIpc) is 2.65. The number of hydrogen-bond donors (Lipinski definition) is 1. The fraction of sp³-hybridized carbons (Fsp3) is 0.368. The summed E-state index contributed by atoms with van der Waals surface area (Å²) in [5.41, 5.74) is -9.78. The molecule has 0 aliphatic heterocycles. The number of sulfonamides is 1. The fourth-order valence-electron chi connectivity index (χ4n) is 4.08. The lowest BCUT2D eigenvalue weighted by Crippen LogP contribution is -2.66. The number of rotatable bonds is 5. The molecule has 0 heterocycles. The van der Waals surface area contributed by atoms with Crippen molar-refractivity contribution in [2.45, 2.75) is 46.6 Å².